The quantitative estimate of drug-likeness (QED) is 0.769. The van der Waals surface area contributed by atoms with Gasteiger partial charge in [0.1, 0.15) is 0 Å². The number of aliphatic hydroxyl groups excluding tert-OH is 1. The fourth-order valence-corrected chi connectivity index (χ4v) is 1.96. The summed E-state index contributed by atoms with van der Waals surface area (Å²) < 4.78 is 5.07. The van der Waals surface area contributed by atoms with Crippen LogP contribution >= 0.6 is 0 Å². The molecule has 1 aliphatic rings. The molecule has 1 saturated heterocycles. The Morgan fingerprint density at radius 1 is 1.56 bits per heavy atom. The average molecular weight is 223 g/mol. The first-order chi connectivity index (χ1) is 7.70. The van der Waals surface area contributed by atoms with Crippen LogP contribution < -0.4 is 15.4 Å². The monoisotopic (exact) mass is 223 g/mol. The summed E-state index contributed by atoms with van der Waals surface area (Å²) in [5, 5.41) is 9.62. The third kappa shape index (κ3) is 2.19. The highest BCUT2D eigenvalue weighted by Gasteiger charge is 2.20. The van der Waals surface area contributed by atoms with Crippen LogP contribution in [0.2, 0.25) is 0 Å². The molecule has 5 heteroatoms. The summed E-state index contributed by atoms with van der Waals surface area (Å²) in [6.07, 6.45) is 1.51. The van der Waals surface area contributed by atoms with E-state index < -0.39 is 0 Å². The van der Waals surface area contributed by atoms with Gasteiger partial charge in [-0.25, -0.2) is 0 Å². The largest absolute Gasteiger partial charge is 0.481 e. The molecule has 1 fully saturated rings. The Labute approximate surface area is 94.8 Å². The smallest absolute Gasteiger partial charge is 0.215 e. The van der Waals surface area contributed by atoms with Crippen molar-refractivity contribution in [3.63, 3.8) is 0 Å². The van der Waals surface area contributed by atoms with Crippen LogP contribution in [0, 0.1) is 0 Å². The molecule has 3 N–H and O–H groups in total. The molecule has 1 aliphatic heterocycles. The van der Waals surface area contributed by atoms with Crippen molar-refractivity contribution in [1.29, 1.82) is 0 Å². The number of piperidine rings is 1. The van der Waals surface area contributed by atoms with Crippen molar-refractivity contribution in [1.82, 2.24) is 4.98 Å². The first-order valence-corrected chi connectivity index (χ1v) is 5.44. The molecule has 0 aromatic carbocycles. The Balaban J connectivity index is 2.24. The number of aromatic nitrogens is 1. The number of hydrogen-bond acceptors (Lipinski definition) is 5. The van der Waals surface area contributed by atoms with E-state index in [1.54, 1.807) is 19.2 Å². The molecule has 88 valence electrons. The second-order valence-corrected chi connectivity index (χ2v) is 4.01. The zero-order chi connectivity index (χ0) is 11.5. The van der Waals surface area contributed by atoms with Gasteiger partial charge < -0.3 is 20.5 Å². The molecule has 1 unspecified atom stereocenters. The van der Waals surface area contributed by atoms with Crippen LogP contribution in [-0.2, 0) is 0 Å². The Bertz CT molecular complexity index is 370. The summed E-state index contributed by atoms with van der Waals surface area (Å²) in [6, 6.07) is 3.52. The van der Waals surface area contributed by atoms with Crippen molar-refractivity contribution in [3.05, 3.63) is 12.1 Å². The Kier molecular flexibility index (Phi) is 3.14. The van der Waals surface area contributed by atoms with Gasteiger partial charge in [-0.15, -0.1) is 0 Å². The highest BCUT2D eigenvalue weighted by Crippen LogP contribution is 2.26. The van der Waals surface area contributed by atoms with Crippen molar-refractivity contribution < 1.29 is 9.84 Å². The maximum absolute atomic E-state index is 9.62. The zero-order valence-corrected chi connectivity index (χ0v) is 9.39. The lowest BCUT2D eigenvalue weighted by Crippen LogP contribution is -2.39. The zero-order valence-electron chi connectivity index (χ0n) is 9.39. The Morgan fingerprint density at radius 2 is 2.38 bits per heavy atom. The van der Waals surface area contributed by atoms with E-state index in [4.69, 9.17) is 10.5 Å². The number of pyridine rings is 1. The molecule has 0 amide bonds. The first kappa shape index (κ1) is 11.0. The minimum Gasteiger partial charge on any atom is -0.481 e. The molecular formula is C11H17N3O2. The number of nitrogens with zero attached hydrogens (tertiary/aromatic N) is 2. The van der Waals surface area contributed by atoms with Crippen molar-refractivity contribution in [3.8, 4) is 5.88 Å². The second-order valence-electron chi connectivity index (χ2n) is 4.01. The maximum Gasteiger partial charge on any atom is 0.215 e. The van der Waals surface area contributed by atoms with Gasteiger partial charge in [0.15, 0.2) is 5.82 Å². The van der Waals surface area contributed by atoms with Crippen LogP contribution in [0.25, 0.3) is 0 Å². The normalized spacial score (nSPS) is 20.9. The Hall–Kier alpha value is -1.49. The standard InChI is InChI=1S/C11H17N3O2/c1-16-10-5-4-9(12)11(13-10)14-6-2-3-8(15)7-14/h4-5,8,15H,2-3,6-7,12H2,1H3. The van der Waals surface area contributed by atoms with Crippen molar-refractivity contribution in [2.75, 3.05) is 30.8 Å². The van der Waals surface area contributed by atoms with E-state index in [9.17, 15) is 5.11 Å². The van der Waals surface area contributed by atoms with E-state index in [1.807, 2.05) is 4.90 Å². The predicted octanol–water partition coefficient (Wildman–Crippen LogP) is 0.633. The molecule has 2 heterocycles. The molecule has 0 radical (unpaired) electrons. The molecule has 5 nitrogen and oxygen atoms in total. The van der Waals surface area contributed by atoms with Gasteiger partial charge in [0.25, 0.3) is 0 Å². The van der Waals surface area contributed by atoms with Crippen LogP contribution in [0.15, 0.2) is 12.1 Å². The third-order valence-electron chi connectivity index (χ3n) is 2.78. The maximum atomic E-state index is 9.62. The number of nitrogens with two attached hydrogens (primary N) is 1. The van der Waals surface area contributed by atoms with E-state index in [-0.39, 0.29) is 6.10 Å². The fraction of sp³-hybridized carbons (Fsp3) is 0.545. The van der Waals surface area contributed by atoms with Gasteiger partial charge in [0.05, 0.1) is 18.9 Å². The highest BCUT2D eigenvalue weighted by molar-refractivity contribution is 5.63. The number of aliphatic hydroxyl groups is 1. The van der Waals surface area contributed by atoms with Gasteiger partial charge in [0, 0.05) is 19.2 Å². The average Bonchev–Trinajstić information content (AvgIpc) is 2.30. The molecule has 0 aliphatic carbocycles. The van der Waals surface area contributed by atoms with E-state index in [0.717, 1.165) is 19.4 Å². The van der Waals surface area contributed by atoms with Crippen molar-refractivity contribution in [2.45, 2.75) is 18.9 Å². The topological polar surface area (TPSA) is 71.6 Å². The number of rotatable bonds is 2. The minimum absolute atomic E-state index is 0.291. The van der Waals surface area contributed by atoms with Crippen LogP contribution in [0.4, 0.5) is 11.5 Å². The number of ether oxygens (including phenoxy) is 1. The lowest BCUT2D eigenvalue weighted by molar-refractivity contribution is 0.154. The van der Waals surface area contributed by atoms with E-state index in [1.165, 1.54) is 0 Å². The van der Waals surface area contributed by atoms with Gasteiger partial charge in [-0.2, -0.15) is 4.98 Å². The van der Waals surface area contributed by atoms with E-state index >= 15 is 0 Å². The molecule has 0 spiro atoms. The SMILES string of the molecule is COc1ccc(N)c(N2CCCC(O)C2)n1. The number of β-amino-alcohol motifs (C(OH)–C–C–N with tert-alkyl or cyclic N) is 1. The molecule has 16 heavy (non-hydrogen) atoms. The number of methoxy groups -OCH3 is 1. The molecule has 1 aromatic heterocycles. The fourth-order valence-electron chi connectivity index (χ4n) is 1.96. The van der Waals surface area contributed by atoms with Crippen LogP contribution in [-0.4, -0.2) is 36.4 Å². The molecule has 2 rings (SSSR count). The number of hydrogen-bond donors (Lipinski definition) is 2. The number of nitrogen functional groups attached to an aromatic ring is 1. The Morgan fingerprint density at radius 3 is 3.06 bits per heavy atom. The van der Waals surface area contributed by atoms with Crippen LogP contribution in [0.5, 0.6) is 5.88 Å². The lowest BCUT2D eigenvalue weighted by Gasteiger charge is -2.31. The summed E-state index contributed by atoms with van der Waals surface area (Å²) in [6.45, 7) is 1.46. The van der Waals surface area contributed by atoms with Crippen molar-refractivity contribution in [2.24, 2.45) is 0 Å². The number of anilines is 2. The summed E-state index contributed by atoms with van der Waals surface area (Å²) >= 11 is 0. The van der Waals surface area contributed by atoms with Crippen LogP contribution in [0.3, 0.4) is 0 Å². The second kappa shape index (κ2) is 4.57. The van der Waals surface area contributed by atoms with Crippen molar-refractivity contribution >= 4 is 11.5 Å². The molecular weight excluding hydrogens is 206 g/mol. The molecule has 0 saturated carbocycles. The van der Waals surface area contributed by atoms with Gasteiger partial charge in [-0.1, -0.05) is 0 Å². The first-order valence-electron chi connectivity index (χ1n) is 5.44. The van der Waals surface area contributed by atoms with E-state index in [2.05, 4.69) is 4.98 Å². The highest BCUT2D eigenvalue weighted by atomic mass is 16.5. The summed E-state index contributed by atoms with van der Waals surface area (Å²) in [5.41, 5.74) is 6.50. The summed E-state index contributed by atoms with van der Waals surface area (Å²) in [4.78, 5) is 6.32. The third-order valence-corrected chi connectivity index (χ3v) is 2.78. The van der Waals surface area contributed by atoms with E-state index in [0.29, 0.717) is 23.9 Å². The summed E-state index contributed by atoms with van der Waals surface area (Å²) in [7, 11) is 1.58. The minimum atomic E-state index is -0.291. The lowest BCUT2D eigenvalue weighted by atomic mass is 10.1. The van der Waals surface area contributed by atoms with Gasteiger partial charge in [-0.3, -0.25) is 0 Å². The van der Waals surface area contributed by atoms with Gasteiger partial charge in [-0.05, 0) is 18.9 Å². The van der Waals surface area contributed by atoms with Gasteiger partial charge in [0.2, 0.25) is 5.88 Å². The van der Waals surface area contributed by atoms with Gasteiger partial charge >= 0.3 is 0 Å². The molecule has 1 aromatic rings. The molecule has 0 bridgehead atoms. The summed E-state index contributed by atoms with van der Waals surface area (Å²) in [5.74, 6) is 1.25. The predicted molar refractivity (Wildman–Crippen MR) is 62.7 cm³/mol. The van der Waals surface area contributed by atoms with Crippen LogP contribution in [0.1, 0.15) is 12.8 Å². The molecule has 1 atom stereocenters.